The standard InChI is InChI=1S/C21H25N5O2/c1-14-10-26(11-15(2)28-14)21-23-19-13-25(7-6-18(19)20(27)24-21)12-17-5-3-4-16(8-17)9-22/h3-5,8,14-15H,6-7,10-13H2,1-2H3,(H,23,24,27)/t14-,15-/m0/s1. The maximum atomic E-state index is 12.6. The number of hydrogen-bond donors (Lipinski definition) is 1. The Morgan fingerprint density at radius 3 is 2.86 bits per heavy atom. The maximum absolute atomic E-state index is 12.6. The molecular formula is C21H25N5O2. The fourth-order valence-corrected chi connectivity index (χ4v) is 4.11. The number of aromatic nitrogens is 2. The van der Waals surface area contributed by atoms with Gasteiger partial charge in [-0.1, -0.05) is 12.1 Å². The molecule has 0 radical (unpaired) electrons. The normalized spacial score (nSPS) is 22.5. The van der Waals surface area contributed by atoms with Crippen LogP contribution in [0.4, 0.5) is 5.95 Å². The van der Waals surface area contributed by atoms with Gasteiger partial charge in [0.25, 0.3) is 5.56 Å². The quantitative estimate of drug-likeness (QED) is 0.876. The summed E-state index contributed by atoms with van der Waals surface area (Å²) in [5, 5.41) is 9.09. The van der Waals surface area contributed by atoms with Gasteiger partial charge in [0, 0.05) is 38.3 Å². The molecule has 1 fully saturated rings. The van der Waals surface area contributed by atoms with Crippen molar-refractivity contribution in [1.82, 2.24) is 14.9 Å². The highest BCUT2D eigenvalue weighted by Gasteiger charge is 2.27. The van der Waals surface area contributed by atoms with Crippen molar-refractivity contribution in [3.8, 4) is 6.07 Å². The first kappa shape index (κ1) is 18.7. The summed E-state index contributed by atoms with van der Waals surface area (Å²) in [6, 6.07) is 9.86. The highest BCUT2D eigenvalue weighted by molar-refractivity contribution is 5.36. The lowest BCUT2D eigenvalue weighted by molar-refractivity contribution is -0.00576. The minimum absolute atomic E-state index is 0.0297. The molecular weight excluding hydrogens is 354 g/mol. The second-order valence-electron chi connectivity index (χ2n) is 7.75. The first-order valence-electron chi connectivity index (χ1n) is 9.75. The second kappa shape index (κ2) is 7.74. The predicted octanol–water partition coefficient (Wildman–Crippen LogP) is 1.81. The smallest absolute Gasteiger partial charge is 0.255 e. The van der Waals surface area contributed by atoms with Gasteiger partial charge in [-0.15, -0.1) is 0 Å². The Hall–Kier alpha value is -2.69. The molecule has 1 aromatic carbocycles. The zero-order chi connectivity index (χ0) is 19.7. The van der Waals surface area contributed by atoms with Crippen LogP contribution in [-0.2, 0) is 24.2 Å². The number of benzene rings is 1. The average molecular weight is 379 g/mol. The Morgan fingerprint density at radius 1 is 1.32 bits per heavy atom. The number of rotatable bonds is 3. The largest absolute Gasteiger partial charge is 0.372 e. The Bertz CT molecular complexity index is 954. The van der Waals surface area contributed by atoms with E-state index in [0.29, 0.717) is 24.5 Å². The van der Waals surface area contributed by atoms with Gasteiger partial charge < -0.3 is 9.64 Å². The van der Waals surface area contributed by atoms with Crippen LogP contribution in [0, 0.1) is 11.3 Å². The first-order chi connectivity index (χ1) is 13.5. The van der Waals surface area contributed by atoms with E-state index in [1.54, 1.807) is 0 Å². The molecule has 1 N–H and O–H groups in total. The molecule has 0 saturated carbocycles. The molecule has 4 rings (SSSR count). The summed E-state index contributed by atoms with van der Waals surface area (Å²) in [4.78, 5) is 24.8. The molecule has 0 amide bonds. The van der Waals surface area contributed by atoms with Crippen molar-refractivity contribution in [3.63, 3.8) is 0 Å². The summed E-state index contributed by atoms with van der Waals surface area (Å²) in [5.74, 6) is 0.638. The Labute approximate surface area is 164 Å². The lowest BCUT2D eigenvalue weighted by atomic mass is 10.0. The molecule has 2 aliphatic heterocycles. The van der Waals surface area contributed by atoms with Crippen LogP contribution in [0.25, 0.3) is 0 Å². The molecule has 3 heterocycles. The summed E-state index contributed by atoms with van der Waals surface area (Å²) in [6.45, 7) is 7.70. The van der Waals surface area contributed by atoms with Crippen LogP contribution in [-0.4, -0.2) is 46.7 Å². The maximum Gasteiger partial charge on any atom is 0.255 e. The number of nitriles is 1. The molecule has 0 aliphatic carbocycles. The van der Waals surface area contributed by atoms with Gasteiger partial charge in [0.15, 0.2) is 0 Å². The van der Waals surface area contributed by atoms with Gasteiger partial charge in [-0.25, -0.2) is 4.98 Å². The lowest BCUT2D eigenvalue weighted by Gasteiger charge is -2.36. The monoisotopic (exact) mass is 379 g/mol. The summed E-state index contributed by atoms with van der Waals surface area (Å²) in [5.41, 5.74) is 3.39. The third kappa shape index (κ3) is 3.93. The van der Waals surface area contributed by atoms with Crippen molar-refractivity contribution >= 4 is 5.95 Å². The Balaban J connectivity index is 1.55. The van der Waals surface area contributed by atoms with Gasteiger partial charge in [-0.05, 0) is 38.0 Å². The molecule has 146 valence electrons. The molecule has 7 nitrogen and oxygen atoms in total. The third-order valence-corrected chi connectivity index (χ3v) is 5.32. The molecule has 1 aromatic heterocycles. The Kier molecular flexibility index (Phi) is 5.16. The lowest BCUT2D eigenvalue weighted by Crippen LogP contribution is -2.47. The van der Waals surface area contributed by atoms with Crippen molar-refractivity contribution < 1.29 is 4.74 Å². The second-order valence-corrected chi connectivity index (χ2v) is 7.75. The number of H-pyrrole nitrogens is 1. The molecule has 0 bridgehead atoms. The highest BCUT2D eigenvalue weighted by atomic mass is 16.5. The fourth-order valence-electron chi connectivity index (χ4n) is 4.11. The summed E-state index contributed by atoms with van der Waals surface area (Å²) >= 11 is 0. The number of hydrogen-bond acceptors (Lipinski definition) is 6. The van der Waals surface area contributed by atoms with Gasteiger partial charge >= 0.3 is 0 Å². The van der Waals surface area contributed by atoms with E-state index < -0.39 is 0 Å². The van der Waals surface area contributed by atoms with Crippen molar-refractivity contribution in [1.29, 1.82) is 5.26 Å². The van der Waals surface area contributed by atoms with Crippen molar-refractivity contribution in [2.45, 2.75) is 45.6 Å². The molecule has 2 atom stereocenters. The molecule has 28 heavy (non-hydrogen) atoms. The van der Waals surface area contributed by atoms with Crippen molar-refractivity contribution in [2.24, 2.45) is 0 Å². The molecule has 0 spiro atoms. The topological polar surface area (TPSA) is 85.3 Å². The summed E-state index contributed by atoms with van der Waals surface area (Å²) in [7, 11) is 0. The van der Waals surface area contributed by atoms with Crippen molar-refractivity contribution in [2.75, 3.05) is 24.5 Å². The zero-order valence-electron chi connectivity index (χ0n) is 16.3. The predicted molar refractivity (Wildman–Crippen MR) is 106 cm³/mol. The first-order valence-corrected chi connectivity index (χ1v) is 9.75. The average Bonchev–Trinajstić information content (AvgIpc) is 2.67. The van der Waals surface area contributed by atoms with Crippen LogP contribution >= 0.6 is 0 Å². The summed E-state index contributed by atoms with van der Waals surface area (Å²) in [6.07, 6.45) is 0.897. The number of morpholine rings is 1. The SMILES string of the molecule is C[C@H]1CN(c2nc3c(c(=O)[nH]2)CCN(Cc2cccc(C#N)c2)C3)C[C@H](C)O1. The molecule has 2 aromatic rings. The number of nitrogens with zero attached hydrogens (tertiary/aromatic N) is 4. The van der Waals surface area contributed by atoms with E-state index in [4.69, 9.17) is 15.0 Å². The number of ether oxygens (including phenoxy) is 1. The van der Waals surface area contributed by atoms with E-state index in [2.05, 4.69) is 20.9 Å². The zero-order valence-corrected chi connectivity index (χ0v) is 16.3. The third-order valence-electron chi connectivity index (χ3n) is 5.32. The Morgan fingerprint density at radius 2 is 2.11 bits per heavy atom. The van der Waals surface area contributed by atoms with Crippen LogP contribution in [0.3, 0.4) is 0 Å². The van der Waals surface area contributed by atoms with E-state index in [1.807, 2.05) is 38.1 Å². The van der Waals surface area contributed by atoms with Crippen LogP contribution in [0.5, 0.6) is 0 Å². The van der Waals surface area contributed by atoms with Gasteiger partial charge in [-0.2, -0.15) is 5.26 Å². The van der Waals surface area contributed by atoms with E-state index >= 15 is 0 Å². The van der Waals surface area contributed by atoms with E-state index in [-0.39, 0.29) is 17.8 Å². The van der Waals surface area contributed by atoms with Gasteiger partial charge in [-0.3, -0.25) is 14.7 Å². The van der Waals surface area contributed by atoms with E-state index in [1.165, 1.54) is 0 Å². The number of fused-ring (bicyclic) bond motifs is 1. The van der Waals surface area contributed by atoms with Crippen LogP contribution in [0.15, 0.2) is 29.1 Å². The van der Waals surface area contributed by atoms with Crippen LogP contribution in [0.2, 0.25) is 0 Å². The number of anilines is 1. The molecule has 1 saturated heterocycles. The van der Waals surface area contributed by atoms with Crippen LogP contribution in [0.1, 0.15) is 36.2 Å². The number of nitrogens with one attached hydrogen (secondary N) is 1. The molecule has 7 heteroatoms. The molecule has 0 unspecified atom stereocenters. The van der Waals surface area contributed by atoms with Gasteiger partial charge in [0.1, 0.15) is 0 Å². The van der Waals surface area contributed by atoms with E-state index in [0.717, 1.165) is 43.0 Å². The minimum atomic E-state index is -0.0297. The van der Waals surface area contributed by atoms with Crippen LogP contribution < -0.4 is 10.5 Å². The molecule has 2 aliphatic rings. The van der Waals surface area contributed by atoms with Gasteiger partial charge in [0.05, 0.1) is 29.5 Å². The van der Waals surface area contributed by atoms with E-state index in [9.17, 15) is 4.79 Å². The fraction of sp³-hybridized carbons (Fsp3) is 0.476. The van der Waals surface area contributed by atoms with Gasteiger partial charge in [0.2, 0.25) is 5.95 Å². The summed E-state index contributed by atoms with van der Waals surface area (Å²) < 4.78 is 5.79. The highest BCUT2D eigenvalue weighted by Crippen LogP contribution is 2.21. The minimum Gasteiger partial charge on any atom is -0.372 e. The van der Waals surface area contributed by atoms with Crippen molar-refractivity contribution in [3.05, 3.63) is 57.0 Å². The number of aromatic amines is 1.